The minimum absolute atomic E-state index is 0.0124. The van der Waals surface area contributed by atoms with Gasteiger partial charge in [-0.1, -0.05) is 47.2 Å². The van der Waals surface area contributed by atoms with E-state index in [1.807, 2.05) is 38.4 Å². The molecule has 0 radical (unpaired) electrons. The van der Waals surface area contributed by atoms with E-state index in [9.17, 15) is 4.79 Å². The lowest BCUT2D eigenvalue weighted by Gasteiger charge is -2.22. The van der Waals surface area contributed by atoms with Crippen LogP contribution >= 0.6 is 22.9 Å². The number of rotatable bonds is 6. The third-order valence-corrected chi connectivity index (χ3v) is 6.01. The number of thiazole rings is 1. The molecule has 6 heteroatoms. The van der Waals surface area contributed by atoms with E-state index in [1.54, 1.807) is 16.2 Å². The van der Waals surface area contributed by atoms with Crippen molar-refractivity contribution < 1.29 is 4.79 Å². The van der Waals surface area contributed by atoms with Crippen molar-refractivity contribution in [3.8, 4) is 0 Å². The van der Waals surface area contributed by atoms with Gasteiger partial charge in [-0.25, -0.2) is 4.98 Å². The Morgan fingerprint density at radius 3 is 2.59 bits per heavy atom. The molecule has 0 atom stereocenters. The van der Waals surface area contributed by atoms with E-state index in [-0.39, 0.29) is 12.3 Å². The zero-order chi connectivity index (χ0) is 19.6. The van der Waals surface area contributed by atoms with E-state index in [4.69, 9.17) is 16.6 Å². The summed E-state index contributed by atoms with van der Waals surface area (Å²) >= 11 is 7.83. The molecule has 0 aliphatic carbocycles. The minimum atomic E-state index is 0.0124. The first-order chi connectivity index (χ1) is 12.8. The molecule has 1 heterocycles. The molecule has 3 rings (SSSR count). The summed E-state index contributed by atoms with van der Waals surface area (Å²) in [6, 6.07) is 11.7. The van der Waals surface area contributed by atoms with Crippen molar-refractivity contribution in [3.63, 3.8) is 0 Å². The lowest BCUT2D eigenvalue weighted by atomic mass is 10.1. The lowest BCUT2D eigenvalue weighted by Crippen LogP contribution is -2.37. The first-order valence-electron chi connectivity index (χ1n) is 8.91. The first-order valence-corrected chi connectivity index (χ1v) is 10.1. The summed E-state index contributed by atoms with van der Waals surface area (Å²) < 4.78 is 1.14. The summed E-state index contributed by atoms with van der Waals surface area (Å²) in [6.07, 6.45) is 0.265. The Hall–Kier alpha value is -1.95. The van der Waals surface area contributed by atoms with Gasteiger partial charge in [-0.2, -0.15) is 0 Å². The van der Waals surface area contributed by atoms with E-state index in [2.05, 4.69) is 30.9 Å². The normalized spacial score (nSPS) is 11.3. The largest absolute Gasteiger partial charge is 0.308 e. The lowest BCUT2D eigenvalue weighted by molar-refractivity contribution is -0.118. The molecule has 0 bridgehead atoms. The van der Waals surface area contributed by atoms with Gasteiger partial charge in [-0.15, -0.1) is 0 Å². The third-order valence-electron chi connectivity index (χ3n) is 4.41. The van der Waals surface area contributed by atoms with Crippen molar-refractivity contribution in [2.75, 3.05) is 32.1 Å². The molecule has 3 aromatic rings. The second kappa shape index (κ2) is 8.38. The van der Waals surface area contributed by atoms with Crippen LogP contribution in [0.1, 0.15) is 16.7 Å². The van der Waals surface area contributed by atoms with Crippen LogP contribution in [0.15, 0.2) is 36.4 Å². The van der Waals surface area contributed by atoms with Crippen molar-refractivity contribution in [2.24, 2.45) is 0 Å². The van der Waals surface area contributed by atoms with E-state index in [0.717, 1.165) is 27.5 Å². The number of likely N-dealkylation sites (N-methyl/N-ethyl adjacent to an activating group) is 1. The minimum Gasteiger partial charge on any atom is -0.308 e. The van der Waals surface area contributed by atoms with Crippen molar-refractivity contribution in [3.05, 3.63) is 58.1 Å². The summed E-state index contributed by atoms with van der Waals surface area (Å²) in [6.45, 7) is 5.52. The molecule has 27 heavy (non-hydrogen) atoms. The van der Waals surface area contributed by atoms with Gasteiger partial charge in [-0.05, 0) is 56.8 Å². The first kappa shape index (κ1) is 19.8. The average molecular weight is 402 g/mol. The highest BCUT2D eigenvalue weighted by atomic mass is 35.5. The summed E-state index contributed by atoms with van der Waals surface area (Å²) in [5.41, 5.74) is 4.17. The smallest absolute Gasteiger partial charge is 0.233 e. The van der Waals surface area contributed by atoms with Gasteiger partial charge in [-0.3, -0.25) is 9.69 Å². The number of carbonyl (C=O) groups excluding carboxylic acids is 1. The van der Waals surface area contributed by atoms with Gasteiger partial charge < -0.3 is 4.90 Å². The number of nitrogens with zero attached hydrogens (tertiary/aromatic N) is 3. The molecule has 142 valence electrons. The Morgan fingerprint density at radius 2 is 1.89 bits per heavy atom. The highest BCUT2D eigenvalue weighted by Gasteiger charge is 2.21. The van der Waals surface area contributed by atoms with Crippen molar-refractivity contribution in [1.29, 1.82) is 0 Å². The predicted octanol–water partition coefficient (Wildman–Crippen LogP) is 4.70. The molecular formula is C21H24ClN3OS. The topological polar surface area (TPSA) is 36.4 Å². The molecular weight excluding hydrogens is 378 g/mol. The molecule has 0 N–H and O–H groups in total. The molecule has 0 aliphatic rings. The van der Waals surface area contributed by atoms with Crippen LogP contribution in [-0.4, -0.2) is 43.0 Å². The summed E-state index contributed by atoms with van der Waals surface area (Å²) in [5, 5.41) is 1.37. The van der Waals surface area contributed by atoms with E-state index in [0.29, 0.717) is 11.6 Å². The molecule has 0 fully saturated rings. The molecule has 0 unspecified atom stereocenters. The second-order valence-electron chi connectivity index (χ2n) is 7.04. The standard InChI is InChI=1S/C21H24ClN3OS/c1-14-11-15(2)20-18(12-14)23-21(27-20)25(10-9-24(3)4)19(26)13-16-7-5-6-8-17(16)22/h5-8,11-12H,9-10,13H2,1-4H3. The number of aromatic nitrogens is 1. The van der Waals surface area contributed by atoms with Crippen LogP contribution in [-0.2, 0) is 11.2 Å². The molecule has 1 aromatic heterocycles. The van der Waals surface area contributed by atoms with Crippen LogP contribution in [0.2, 0.25) is 5.02 Å². The van der Waals surface area contributed by atoms with Gasteiger partial charge in [0.1, 0.15) is 0 Å². The fourth-order valence-electron chi connectivity index (χ4n) is 3.01. The van der Waals surface area contributed by atoms with Gasteiger partial charge in [0.15, 0.2) is 5.13 Å². The SMILES string of the molecule is Cc1cc(C)c2sc(N(CCN(C)C)C(=O)Cc3ccccc3Cl)nc2c1. The van der Waals surface area contributed by atoms with Crippen LogP contribution in [0, 0.1) is 13.8 Å². The van der Waals surface area contributed by atoms with Crippen LogP contribution in [0.25, 0.3) is 10.2 Å². The summed E-state index contributed by atoms with van der Waals surface area (Å²) in [5.74, 6) is 0.0124. The number of anilines is 1. The molecule has 2 aromatic carbocycles. The number of fused-ring (bicyclic) bond motifs is 1. The zero-order valence-corrected chi connectivity index (χ0v) is 17.7. The van der Waals surface area contributed by atoms with Crippen LogP contribution < -0.4 is 4.90 Å². The van der Waals surface area contributed by atoms with Crippen molar-refractivity contribution >= 4 is 44.2 Å². The highest BCUT2D eigenvalue weighted by molar-refractivity contribution is 7.22. The number of halogens is 1. The van der Waals surface area contributed by atoms with E-state index < -0.39 is 0 Å². The van der Waals surface area contributed by atoms with Crippen LogP contribution in [0.5, 0.6) is 0 Å². The number of aryl methyl sites for hydroxylation is 2. The Balaban J connectivity index is 1.94. The Bertz CT molecular complexity index is 967. The van der Waals surface area contributed by atoms with Gasteiger partial charge >= 0.3 is 0 Å². The quantitative estimate of drug-likeness (QED) is 0.600. The van der Waals surface area contributed by atoms with E-state index >= 15 is 0 Å². The molecule has 4 nitrogen and oxygen atoms in total. The molecule has 1 amide bonds. The molecule has 0 saturated carbocycles. The van der Waals surface area contributed by atoms with Gasteiger partial charge in [0.2, 0.25) is 5.91 Å². The Morgan fingerprint density at radius 1 is 1.15 bits per heavy atom. The zero-order valence-electron chi connectivity index (χ0n) is 16.1. The van der Waals surface area contributed by atoms with Gasteiger partial charge in [0, 0.05) is 18.1 Å². The number of benzene rings is 2. The maximum Gasteiger partial charge on any atom is 0.233 e. The maximum atomic E-state index is 13.1. The molecule has 0 saturated heterocycles. The van der Waals surface area contributed by atoms with Crippen LogP contribution in [0.4, 0.5) is 5.13 Å². The number of hydrogen-bond acceptors (Lipinski definition) is 4. The average Bonchev–Trinajstić information content (AvgIpc) is 3.00. The van der Waals surface area contributed by atoms with E-state index in [1.165, 1.54) is 11.1 Å². The number of carbonyl (C=O) groups is 1. The Kier molecular flexibility index (Phi) is 6.15. The molecule has 0 spiro atoms. The van der Waals surface area contributed by atoms with Crippen molar-refractivity contribution in [2.45, 2.75) is 20.3 Å². The maximum absolute atomic E-state index is 13.1. The summed E-state index contributed by atoms with van der Waals surface area (Å²) in [7, 11) is 4.01. The number of amides is 1. The Labute approximate surface area is 169 Å². The second-order valence-corrected chi connectivity index (χ2v) is 8.43. The fourth-order valence-corrected chi connectivity index (χ4v) is 4.27. The van der Waals surface area contributed by atoms with Crippen LogP contribution in [0.3, 0.4) is 0 Å². The molecule has 0 aliphatic heterocycles. The van der Waals surface area contributed by atoms with Crippen molar-refractivity contribution in [1.82, 2.24) is 9.88 Å². The number of hydrogen-bond donors (Lipinski definition) is 0. The van der Waals surface area contributed by atoms with Gasteiger partial charge in [0.25, 0.3) is 0 Å². The highest BCUT2D eigenvalue weighted by Crippen LogP contribution is 2.32. The predicted molar refractivity (Wildman–Crippen MR) is 115 cm³/mol. The summed E-state index contributed by atoms with van der Waals surface area (Å²) in [4.78, 5) is 21.8. The third kappa shape index (κ3) is 4.67. The monoisotopic (exact) mass is 401 g/mol. The fraction of sp³-hybridized carbons (Fsp3) is 0.333. The van der Waals surface area contributed by atoms with Gasteiger partial charge in [0.05, 0.1) is 16.6 Å².